The van der Waals surface area contributed by atoms with Crippen molar-refractivity contribution in [3.8, 4) is 0 Å². The van der Waals surface area contributed by atoms with Crippen molar-refractivity contribution in [2.45, 2.75) is 73.7 Å². The van der Waals surface area contributed by atoms with Crippen LogP contribution in [-0.2, 0) is 4.74 Å². The number of rotatable bonds is 3. The Kier molecular flexibility index (Phi) is 7.29. The zero-order chi connectivity index (χ0) is 31.8. The van der Waals surface area contributed by atoms with E-state index in [9.17, 15) is 0 Å². The number of hydrogen-bond donors (Lipinski definition) is 0. The van der Waals surface area contributed by atoms with Gasteiger partial charge in [0.25, 0.3) is 0 Å². The third-order valence-corrected chi connectivity index (χ3v) is 14.7. The summed E-state index contributed by atoms with van der Waals surface area (Å²) in [6.45, 7) is 0. The van der Waals surface area contributed by atoms with Crippen LogP contribution in [0.3, 0.4) is 0 Å². The smallest absolute Gasteiger partial charge is 0.134 e. The van der Waals surface area contributed by atoms with Crippen LogP contribution >= 0.6 is 22.6 Å². The monoisotopic (exact) mass is 740 g/mol. The van der Waals surface area contributed by atoms with E-state index >= 15 is 0 Å². The summed E-state index contributed by atoms with van der Waals surface area (Å²) in [5.41, 5.74) is 13.9. The summed E-state index contributed by atoms with van der Waals surface area (Å²) in [4.78, 5) is 0. The maximum Gasteiger partial charge on any atom is 0.134 e. The van der Waals surface area contributed by atoms with Crippen molar-refractivity contribution in [1.82, 2.24) is 0 Å². The summed E-state index contributed by atoms with van der Waals surface area (Å²) >= 11 is 2.89. The van der Waals surface area contributed by atoms with Gasteiger partial charge in [-0.1, -0.05) is 138 Å². The molecule has 0 amide bonds. The minimum atomic E-state index is -0.0986. The topological polar surface area (TPSA) is 9.23 Å². The van der Waals surface area contributed by atoms with Crippen molar-refractivity contribution in [2.75, 3.05) is 0 Å². The van der Waals surface area contributed by atoms with Crippen molar-refractivity contribution < 1.29 is 4.74 Å². The molecule has 1 nitrogen and oxygen atoms in total. The molecule has 1 heterocycles. The Balaban J connectivity index is 1.06. The average Bonchev–Trinajstić information content (AvgIpc) is 3.52. The Morgan fingerprint density at radius 1 is 0.708 bits per heavy atom. The third kappa shape index (κ3) is 4.60. The van der Waals surface area contributed by atoms with E-state index < -0.39 is 0 Å². The van der Waals surface area contributed by atoms with E-state index in [-0.39, 0.29) is 9.53 Å². The van der Waals surface area contributed by atoms with E-state index in [1.54, 1.807) is 22.3 Å². The fourth-order valence-electron chi connectivity index (χ4n) is 11.0. The predicted octanol–water partition coefficient (Wildman–Crippen LogP) is 11.7. The fourth-order valence-corrected chi connectivity index (χ4v) is 12.4. The Hall–Kier alpha value is -3.11. The maximum absolute atomic E-state index is 6.78. The Morgan fingerprint density at radius 2 is 1.48 bits per heavy atom. The Labute approximate surface area is 300 Å². The lowest BCUT2D eigenvalue weighted by Gasteiger charge is -2.49. The highest BCUT2D eigenvalue weighted by Crippen LogP contribution is 2.60. The number of fused-ring (bicyclic) bond motifs is 5. The number of alkyl halides is 1. The molecule has 242 valence electrons. The predicted molar refractivity (Wildman–Crippen MR) is 206 cm³/mol. The van der Waals surface area contributed by atoms with Gasteiger partial charge in [-0.05, 0) is 120 Å². The van der Waals surface area contributed by atoms with Crippen molar-refractivity contribution in [3.63, 3.8) is 0 Å². The summed E-state index contributed by atoms with van der Waals surface area (Å²) in [6, 6.07) is 0. The first-order valence-electron chi connectivity index (χ1n) is 18.8. The van der Waals surface area contributed by atoms with Crippen LogP contribution in [0.2, 0.25) is 0 Å². The van der Waals surface area contributed by atoms with Gasteiger partial charge in [0.1, 0.15) is 11.9 Å². The minimum absolute atomic E-state index is 0.0986. The molecule has 1 saturated carbocycles. The second-order valence-electron chi connectivity index (χ2n) is 15.6. The lowest BCUT2D eigenvalue weighted by molar-refractivity contribution is 0.149. The zero-order valence-electron chi connectivity index (χ0n) is 27.8. The van der Waals surface area contributed by atoms with E-state index in [1.807, 2.05) is 0 Å². The summed E-state index contributed by atoms with van der Waals surface area (Å²) < 4.78 is 6.68. The van der Waals surface area contributed by atoms with Gasteiger partial charge in [-0.25, -0.2) is 0 Å². The van der Waals surface area contributed by atoms with Crippen LogP contribution < -0.4 is 0 Å². The van der Waals surface area contributed by atoms with E-state index in [0.29, 0.717) is 29.6 Å². The lowest BCUT2D eigenvalue weighted by Crippen LogP contribution is -2.43. The molecule has 0 aromatic rings. The molecule has 2 heteroatoms. The number of ether oxygens (including phenoxy) is 1. The van der Waals surface area contributed by atoms with E-state index in [2.05, 4.69) is 132 Å². The van der Waals surface area contributed by atoms with Gasteiger partial charge in [0.15, 0.2) is 0 Å². The highest BCUT2D eigenvalue weighted by atomic mass is 127. The highest BCUT2D eigenvalue weighted by molar-refractivity contribution is 14.1. The molecule has 0 bridgehead atoms. The molecule has 48 heavy (non-hydrogen) atoms. The van der Waals surface area contributed by atoms with Gasteiger partial charge in [0.05, 0.1) is 3.42 Å². The summed E-state index contributed by atoms with van der Waals surface area (Å²) in [6.07, 6.45) is 55.8. The van der Waals surface area contributed by atoms with Gasteiger partial charge in [0, 0.05) is 23.8 Å². The van der Waals surface area contributed by atoms with Crippen LogP contribution in [0.4, 0.5) is 0 Å². The molecule has 0 spiro atoms. The maximum atomic E-state index is 6.78. The van der Waals surface area contributed by atoms with Crippen molar-refractivity contribution >= 4 is 22.6 Å². The molecular formula is C46H45IO. The molecule has 0 aromatic heterocycles. The first kappa shape index (κ1) is 29.8. The first-order valence-corrected chi connectivity index (χ1v) is 19.9. The van der Waals surface area contributed by atoms with Crippen LogP contribution in [0.25, 0.3) is 0 Å². The van der Waals surface area contributed by atoms with Crippen LogP contribution in [0.1, 0.15) is 64.2 Å². The largest absolute Gasteiger partial charge is 0.489 e. The van der Waals surface area contributed by atoms with Gasteiger partial charge < -0.3 is 4.74 Å². The molecule has 10 rings (SSSR count). The minimum Gasteiger partial charge on any atom is -0.489 e. The average molecular weight is 741 g/mol. The second kappa shape index (κ2) is 11.8. The van der Waals surface area contributed by atoms with Crippen molar-refractivity contribution in [1.29, 1.82) is 0 Å². The van der Waals surface area contributed by atoms with Gasteiger partial charge >= 0.3 is 0 Å². The van der Waals surface area contributed by atoms with Gasteiger partial charge in [0.2, 0.25) is 0 Å². The second-order valence-corrected chi connectivity index (χ2v) is 17.4. The molecule has 1 fully saturated rings. The number of allylic oxidation sites excluding steroid dienone is 24. The van der Waals surface area contributed by atoms with Gasteiger partial charge in [-0.15, -0.1) is 0 Å². The number of halogens is 1. The van der Waals surface area contributed by atoms with Crippen molar-refractivity contribution in [3.05, 3.63) is 165 Å². The lowest BCUT2D eigenvalue weighted by atomic mass is 9.59. The normalized spacial score (nSPS) is 38.6. The molecular weight excluding hydrogens is 695 g/mol. The standard InChI is InChI=1S/C46H45IO/c47-46-25-10-9-21-41(46)43(39-28-40-35-17-7-8-22-42(35)48-45(40)38-20-6-3-16-34(38)39)36-18-4-5-19-37(36)44(46)33-15-11-14-31(27-33)32-24-23-29-12-1-2-13-30(29)26-32/h1-2,5-7,9-15,17,19-21,25,28-30,32-33,40,44-45H,3-4,8,16,18,22-24,26-27H2. The van der Waals surface area contributed by atoms with Crippen LogP contribution in [0.15, 0.2) is 165 Å². The van der Waals surface area contributed by atoms with Crippen LogP contribution in [0, 0.1) is 35.5 Å². The summed E-state index contributed by atoms with van der Waals surface area (Å²) in [5, 5.41) is 0. The first-order chi connectivity index (χ1) is 23.7. The SMILES string of the molecule is IC12C=CC=CC1=C(C1=CC3C4=C(CCC=C4)OC3C3=C1CCC=C3)C1=C(C=CCC1)C2C1C=CC=C(C2CCC3C=CC=CC3C2)C1. The zero-order valence-corrected chi connectivity index (χ0v) is 29.9. The van der Waals surface area contributed by atoms with E-state index in [0.717, 1.165) is 44.4 Å². The molecule has 9 aliphatic carbocycles. The Morgan fingerprint density at radius 3 is 2.38 bits per heavy atom. The molecule has 1 aliphatic heterocycles. The quantitative estimate of drug-likeness (QED) is 0.207. The molecule has 0 saturated heterocycles. The van der Waals surface area contributed by atoms with E-state index in [4.69, 9.17) is 4.74 Å². The molecule has 0 N–H and O–H groups in total. The molecule has 10 aliphatic rings. The third-order valence-electron chi connectivity index (χ3n) is 13.1. The number of hydrogen-bond acceptors (Lipinski definition) is 1. The van der Waals surface area contributed by atoms with Gasteiger partial charge in [-0.3, -0.25) is 0 Å². The van der Waals surface area contributed by atoms with Crippen LogP contribution in [0.5, 0.6) is 0 Å². The summed E-state index contributed by atoms with van der Waals surface area (Å²) in [5.74, 6) is 4.60. The molecule has 0 radical (unpaired) electrons. The highest BCUT2D eigenvalue weighted by Gasteiger charge is 2.51. The molecule has 8 atom stereocenters. The van der Waals surface area contributed by atoms with Crippen molar-refractivity contribution in [2.24, 2.45) is 35.5 Å². The summed E-state index contributed by atoms with van der Waals surface area (Å²) in [7, 11) is 0. The molecule has 8 unspecified atom stereocenters. The Bertz CT molecular complexity index is 1900. The fraction of sp³-hybridized carbons (Fsp3) is 0.391. The van der Waals surface area contributed by atoms with Crippen LogP contribution in [-0.4, -0.2) is 9.53 Å². The molecule has 0 aromatic carbocycles. The van der Waals surface area contributed by atoms with E-state index in [1.165, 1.54) is 59.3 Å². The van der Waals surface area contributed by atoms with Gasteiger partial charge in [-0.2, -0.15) is 0 Å².